The maximum Gasteiger partial charge on any atom is 0.415 e. The molecule has 3 aromatic heterocycles. The van der Waals surface area contributed by atoms with E-state index < -0.39 is 6.09 Å². The Morgan fingerprint density at radius 1 is 1.19 bits per heavy atom. The standard InChI is InChI=1S/C23H27N7O2/c1-14-2-5-23(25,6-3-14)16-4-7-26-18(12-16)28-19-10-15-11-20(30-8-9-32-22(30)31)27-13-17(15)21(24)29-19/h4,7,10-14H,2-3,5-6,8-9,25H2,1H3,(H3,24,26,28,29). The average molecular weight is 434 g/mol. The SMILES string of the molecule is CC1CCC(N)(c2ccnc(Nc3cc4cc(N5CCOC5=O)ncc4c(N)n3)c2)CC1. The third kappa shape index (κ3) is 3.80. The highest BCUT2D eigenvalue weighted by Gasteiger charge is 2.32. The maximum atomic E-state index is 11.9. The predicted octanol–water partition coefficient (Wildman–Crippen LogP) is 3.67. The van der Waals surface area contributed by atoms with Crippen molar-refractivity contribution >= 4 is 40.1 Å². The van der Waals surface area contributed by atoms with Crippen molar-refractivity contribution in [3.8, 4) is 0 Å². The van der Waals surface area contributed by atoms with E-state index in [-0.39, 0.29) is 5.54 Å². The smallest absolute Gasteiger partial charge is 0.415 e. The molecule has 0 bridgehead atoms. The minimum Gasteiger partial charge on any atom is -0.447 e. The third-order valence-electron chi connectivity index (χ3n) is 6.53. The lowest BCUT2D eigenvalue weighted by Gasteiger charge is -2.36. The normalized spacial score (nSPS) is 23.4. The first-order valence-electron chi connectivity index (χ1n) is 10.9. The molecule has 1 saturated heterocycles. The van der Waals surface area contributed by atoms with E-state index in [4.69, 9.17) is 16.2 Å². The van der Waals surface area contributed by atoms with Gasteiger partial charge in [0, 0.05) is 23.3 Å². The maximum absolute atomic E-state index is 11.9. The Balaban J connectivity index is 1.43. The van der Waals surface area contributed by atoms with Crippen LogP contribution in [0.1, 0.15) is 38.2 Å². The fourth-order valence-electron chi connectivity index (χ4n) is 4.48. The summed E-state index contributed by atoms with van der Waals surface area (Å²) < 4.78 is 5.01. The van der Waals surface area contributed by atoms with E-state index in [0.717, 1.165) is 42.6 Å². The molecule has 9 nitrogen and oxygen atoms in total. The minimum absolute atomic E-state index is 0.327. The Labute approximate surface area is 186 Å². The number of carbonyl (C=O) groups is 1. The number of carbonyl (C=O) groups excluding carboxylic acids is 1. The molecule has 0 aromatic carbocycles. The highest BCUT2D eigenvalue weighted by Crippen LogP contribution is 2.38. The molecule has 2 fully saturated rings. The Bertz CT molecular complexity index is 1170. The number of aromatic nitrogens is 3. The molecule has 32 heavy (non-hydrogen) atoms. The predicted molar refractivity (Wildman–Crippen MR) is 124 cm³/mol. The zero-order valence-corrected chi connectivity index (χ0v) is 18.0. The number of anilines is 4. The van der Waals surface area contributed by atoms with E-state index in [9.17, 15) is 4.79 Å². The van der Waals surface area contributed by atoms with Gasteiger partial charge < -0.3 is 21.5 Å². The summed E-state index contributed by atoms with van der Waals surface area (Å²) in [7, 11) is 0. The van der Waals surface area contributed by atoms with Crippen LogP contribution in [0.5, 0.6) is 0 Å². The summed E-state index contributed by atoms with van der Waals surface area (Å²) in [6.07, 6.45) is 7.20. The first-order valence-corrected chi connectivity index (χ1v) is 10.9. The average Bonchev–Trinajstić information content (AvgIpc) is 3.21. The van der Waals surface area contributed by atoms with E-state index in [1.807, 2.05) is 24.3 Å². The van der Waals surface area contributed by atoms with E-state index in [1.54, 1.807) is 12.4 Å². The minimum atomic E-state index is -0.397. The highest BCUT2D eigenvalue weighted by atomic mass is 16.6. The second kappa shape index (κ2) is 7.90. The summed E-state index contributed by atoms with van der Waals surface area (Å²) in [6.45, 7) is 3.11. The first-order chi connectivity index (χ1) is 15.4. The summed E-state index contributed by atoms with van der Waals surface area (Å²) in [5.41, 5.74) is 13.7. The van der Waals surface area contributed by atoms with Gasteiger partial charge >= 0.3 is 6.09 Å². The summed E-state index contributed by atoms with van der Waals surface area (Å²) >= 11 is 0. The number of hydrogen-bond acceptors (Lipinski definition) is 8. The molecule has 1 aliphatic carbocycles. The second-order valence-corrected chi connectivity index (χ2v) is 8.82. The van der Waals surface area contributed by atoms with Crippen molar-refractivity contribution in [2.75, 3.05) is 29.1 Å². The molecule has 2 aliphatic rings. The van der Waals surface area contributed by atoms with Gasteiger partial charge in [0.2, 0.25) is 0 Å². The lowest BCUT2D eigenvalue weighted by Crippen LogP contribution is -2.40. The molecule has 5 rings (SSSR count). The number of nitrogens with zero attached hydrogens (tertiary/aromatic N) is 4. The van der Waals surface area contributed by atoms with Gasteiger partial charge in [-0.25, -0.2) is 19.7 Å². The molecule has 3 aromatic rings. The fourth-order valence-corrected chi connectivity index (χ4v) is 4.48. The van der Waals surface area contributed by atoms with E-state index >= 15 is 0 Å². The number of fused-ring (bicyclic) bond motifs is 1. The lowest BCUT2D eigenvalue weighted by molar-refractivity contribution is 0.181. The monoisotopic (exact) mass is 433 g/mol. The van der Waals surface area contributed by atoms with Crippen molar-refractivity contribution in [1.29, 1.82) is 0 Å². The molecular formula is C23H27N7O2. The number of rotatable bonds is 4. The van der Waals surface area contributed by atoms with E-state index in [0.29, 0.717) is 41.8 Å². The van der Waals surface area contributed by atoms with Gasteiger partial charge in [0.05, 0.1) is 6.54 Å². The summed E-state index contributed by atoms with van der Waals surface area (Å²) in [4.78, 5) is 26.6. The number of ether oxygens (including phenoxy) is 1. The largest absolute Gasteiger partial charge is 0.447 e. The molecular weight excluding hydrogens is 406 g/mol. The quantitative estimate of drug-likeness (QED) is 0.568. The number of nitrogens with one attached hydrogen (secondary N) is 1. The van der Waals surface area contributed by atoms with Crippen LogP contribution in [-0.2, 0) is 10.3 Å². The van der Waals surface area contributed by atoms with Gasteiger partial charge in [-0.05, 0) is 66.8 Å². The summed E-state index contributed by atoms with van der Waals surface area (Å²) in [5.74, 6) is 2.81. The first kappa shape index (κ1) is 20.4. The van der Waals surface area contributed by atoms with Crippen molar-refractivity contribution in [1.82, 2.24) is 15.0 Å². The van der Waals surface area contributed by atoms with Crippen LogP contribution in [0, 0.1) is 5.92 Å². The number of amides is 1. The highest BCUT2D eigenvalue weighted by molar-refractivity contribution is 5.96. The van der Waals surface area contributed by atoms with Gasteiger partial charge in [-0.3, -0.25) is 4.90 Å². The van der Waals surface area contributed by atoms with Gasteiger partial charge in [-0.1, -0.05) is 6.92 Å². The third-order valence-corrected chi connectivity index (χ3v) is 6.53. The van der Waals surface area contributed by atoms with Crippen molar-refractivity contribution in [3.05, 3.63) is 42.2 Å². The van der Waals surface area contributed by atoms with Crippen molar-refractivity contribution in [2.45, 2.75) is 38.1 Å². The van der Waals surface area contributed by atoms with Gasteiger partial charge in [0.15, 0.2) is 0 Å². The molecule has 1 aliphatic heterocycles. The molecule has 5 N–H and O–H groups in total. The molecule has 0 radical (unpaired) electrons. The molecule has 9 heteroatoms. The van der Waals surface area contributed by atoms with Gasteiger partial charge in [0.25, 0.3) is 0 Å². The summed E-state index contributed by atoms with van der Waals surface area (Å²) in [6, 6.07) is 7.67. The van der Waals surface area contributed by atoms with Crippen LogP contribution < -0.4 is 21.7 Å². The van der Waals surface area contributed by atoms with Crippen LogP contribution in [0.15, 0.2) is 36.7 Å². The zero-order valence-electron chi connectivity index (χ0n) is 18.0. The topological polar surface area (TPSA) is 132 Å². The van der Waals surface area contributed by atoms with Gasteiger partial charge in [-0.15, -0.1) is 0 Å². The van der Waals surface area contributed by atoms with Crippen molar-refractivity contribution in [2.24, 2.45) is 11.7 Å². The van der Waals surface area contributed by atoms with Crippen LogP contribution in [0.4, 0.5) is 28.1 Å². The summed E-state index contributed by atoms with van der Waals surface area (Å²) in [5, 5.41) is 4.79. The molecule has 1 saturated carbocycles. The zero-order chi connectivity index (χ0) is 22.3. The lowest BCUT2D eigenvalue weighted by atomic mass is 9.74. The number of nitrogens with two attached hydrogens (primary N) is 2. The Hall–Kier alpha value is -3.46. The molecule has 1 amide bonds. The van der Waals surface area contributed by atoms with Crippen LogP contribution >= 0.6 is 0 Å². The molecule has 0 atom stereocenters. The Kier molecular flexibility index (Phi) is 5.05. The Morgan fingerprint density at radius 2 is 2.00 bits per heavy atom. The second-order valence-electron chi connectivity index (χ2n) is 8.82. The van der Waals surface area contributed by atoms with E-state index in [1.165, 1.54) is 4.90 Å². The Morgan fingerprint density at radius 3 is 2.75 bits per heavy atom. The van der Waals surface area contributed by atoms with Gasteiger partial charge in [-0.2, -0.15) is 0 Å². The van der Waals surface area contributed by atoms with E-state index in [2.05, 4.69) is 27.2 Å². The molecule has 0 spiro atoms. The number of pyridine rings is 3. The number of cyclic esters (lactones) is 1. The molecule has 0 unspecified atom stereocenters. The molecule has 4 heterocycles. The van der Waals surface area contributed by atoms with Gasteiger partial charge in [0.1, 0.15) is 29.9 Å². The van der Waals surface area contributed by atoms with Crippen LogP contribution in [-0.4, -0.2) is 34.2 Å². The van der Waals surface area contributed by atoms with Crippen LogP contribution in [0.3, 0.4) is 0 Å². The van der Waals surface area contributed by atoms with Crippen LogP contribution in [0.2, 0.25) is 0 Å². The van der Waals surface area contributed by atoms with Crippen LogP contribution in [0.25, 0.3) is 10.8 Å². The fraction of sp³-hybridized carbons (Fsp3) is 0.391. The molecule has 166 valence electrons. The van der Waals surface area contributed by atoms with Crippen molar-refractivity contribution < 1.29 is 9.53 Å². The van der Waals surface area contributed by atoms with Crippen molar-refractivity contribution in [3.63, 3.8) is 0 Å². The number of nitrogen functional groups attached to an aromatic ring is 1. The number of hydrogen-bond donors (Lipinski definition) is 3.